The Hall–Kier alpha value is -2.25. The van der Waals surface area contributed by atoms with E-state index >= 15 is 0 Å². The molecule has 7 nitrogen and oxygen atoms in total. The molecule has 2 aliphatic heterocycles. The topological polar surface area (TPSA) is 105 Å². The van der Waals surface area contributed by atoms with E-state index in [1.807, 2.05) is 12.1 Å². The minimum Gasteiger partial charge on any atom is -0.330 e. The molecule has 3 amide bonds. The molecule has 0 spiro atoms. The minimum atomic E-state index is -0.573. The molecule has 0 aliphatic carbocycles. The Morgan fingerprint density at radius 3 is 2.88 bits per heavy atom. The average Bonchev–Trinajstić information content (AvgIpc) is 2.92. The molecule has 1 aromatic carbocycles. The number of carbonyl (C=O) groups is 3. The summed E-state index contributed by atoms with van der Waals surface area (Å²) in [7, 11) is 0. The number of imide groups is 1. The number of hydrogen-bond acceptors (Lipinski definition) is 5. The monoisotopic (exact) mass is 344 g/mol. The fourth-order valence-corrected chi connectivity index (χ4v) is 3.35. The zero-order valence-electron chi connectivity index (χ0n) is 14.4. The van der Waals surface area contributed by atoms with Crippen molar-refractivity contribution in [3.05, 3.63) is 34.9 Å². The summed E-state index contributed by atoms with van der Waals surface area (Å²) in [6.45, 7) is 4.58. The normalized spacial score (nSPS) is 21.3. The fourth-order valence-electron chi connectivity index (χ4n) is 3.35. The first-order valence-corrected chi connectivity index (χ1v) is 8.67. The first kappa shape index (κ1) is 17.6. The molecular formula is C18H24N4O3. The van der Waals surface area contributed by atoms with Gasteiger partial charge in [0.15, 0.2) is 0 Å². The highest BCUT2D eigenvalue weighted by molar-refractivity contribution is 6.05. The molecule has 2 heterocycles. The maximum atomic E-state index is 12.7. The van der Waals surface area contributed by atoms with E-state index in [1.54, 1.807) is 11.0 Å². The van der Waals surface area contributed by atoms with E-state index in [9.17, 15) is 14.4 Å². The van der Waals surface area contributed by atoms with Crippen LogP contribution in [0.2, 0.25) is 0 Å². The third-order valence-electron chi connectivity index (χ3n) is 4.89. The second kappa shape index (κ2) is 7.33. The molecule has 0 bridgehead atoms. The van der Waals surface area contributed by atoms with E-state index in [1.165, 1.54) is 0 Å². The molecular weight excluding hydrogens is 320 g/mol. The van der Waals surface area contributed by atoms with Crippen molar-refractivity contribution in [3.63, 3.8) is 0 Å². The summed E-state index contributed by atoms with van der Waals surface area (Å²) in [5.74, 6) is -0.404. The van der Waals surface area contributed by atoms with Gasteiger partial charge in [-0.2, -0.15) is 0 Å². The van der Waals surface area contributed by atoms with E-state index in [2.05, 4.69) is 17.6 Å². The summed E-state index contributed by atoms with van der Waals surface area (Å²) < 4.78 is 0. The number of nitrogens with zero attached hydrogens (tertiary/aromatic N) is 1. The first-order valence-electron chi connectivity index (χ1n) is 8.67. The smallest absolute Gasteiger partial charge is 0.255 e. The maximum absolute atomic E-state index is 12.7. The van der Waals surface area contributed by atoms with Crippen molar-refractivity contribution in [1.82, 2.24) is 15.5 Å². The van der Waals surface area contributed by atoms with Crippen LogP contribution in [0, 0.1) is 5.92 Å². The lowest BCUT2D eigenvalue weighted by atomic mass is 10.0. The van der Waals surface area contributed by atoms with Crippen LogP contribution in [-0.4, -0.2) is 41.8 Å². The Morgan fingerprint density at radius 1 is 1.36 bits per heavy atom. The van der Waals surface area contributed by atoms with Gasteiger partial charge in [0, 0.05) is 25.1 Å². The van der Waals surface area contributed by atoms with Crippen LogP contribution in [-0.2, 0) is 22.7 Å². The Morgan fingerprint density at radius 2 is 2.16 bits per heavy atom. The summed E-state index contributed by atoms with van der Waals surface area (Å²) in [6, 6.07) is 5.10. The second-order valence-corrected chi connectivity index (χ2v) is 6.81. The van der Waals surface area contributed by atoms with Crippen molar-refractivity contribution < 1.29 is 14.4 Å². The lowest BCUT2D eigenvalue weighted by molar-refractivity contribution is -0.136. The van der Waals surface area contributed by atoms with Crippen LogP contribution in [0.3, 0.4) is 0 Å². The summed E-state index contributed by atoms with van der Waals surface area (Å²) in [5, 5.41) is 5.70. The largest absolute Gasteiger partial charge is 0.330 e. The van der Waals surface area contributed by atoms with Crippen LogP contribution in [0.4, 0.5) is 0 Å². The predicted octanol–water partition coefficient (Wildman–Crippen LogP) is 0.132. The average molecular weight is 344 g/mol. The molecule has 7 heteroatoms. The predicted molar refractivity (Wildman–Crippen MR) is 92.4 cm³/mol. The number of fused-ring (bicyclic) bond motifs is 1. The standard InChI is InChI=1S/C18H24N4O3/c1-11(7-19)8-20-9-12-3-2-4-13-14(12)10-22(18(13)25)15-5-6-16(23)21-17(15)24/h2-4,11,15,20H,5-10,19H2,1H3,(H,21,23,24)/t11-,15?/m1/s1. The van der Waals surface area contributed by atoms with Gasteiger partial charge in [-0.05, 0) is 42.6 Å². The van der Waals surface area contributed by atoms with Gasteiger partial charge in [0.1, 0.15) is 6.04 Å². The van der Waals surface area contributed by atoms with E-state index in [-0.39, 0.29) is 24.1 Å². The van der Waals surface area contributed by atoms with Gasteiger partial charge < -0.3 is 16.0 Å². The van der Waals surface area contributed by atoms with Crippen LogP contribution in [0.5, 0.6) is 0 Å². The molecule has 1 saturated heterocycles. The number of nitrogens with two attached hydrogens (primary N) is 1. The molecule has 2 atom stereocenters. The summed E-state index contributed by atoms with van der Waals surface area (Å²) in [5.41, 5.74) is 8.30. The maximum Gasteiger partial charge on any atom is 0.255 e. The molecule has 3 rings (SSSR count). The molecule has 1 aromatic rings. The summed E-state index contributed by atoms with van der Waals surface area (Å²) in [6.07, 6.45) is 0.647. The van der Waals surface area contributed by atoms with Crippen LogP contribution >= 0.6 is 0 Å². The molecule has 134 valence electrons. The van der Waals surface area contributed by atoms with Crippen molar-refractivity contribution in [2.75, 3.05) is 13.1 Å². The van der Waals surface area contributed by atoms with E-state index in [4.69, 9.17) is 5.73 Å². The lowest BCUT2D eigenvalue weighted by Crippen LogP contribution is -2.52. The Kier molecular flexibility index (Phi) is 5.15. The number of hydrogen-bond donors (Lipinski definition) is 3. The van der Waals surface area contributed by atoms with Gasteiger partial charge in [0.2, 0.25) is 11.8 Å². The number of rotatable bonds is 6. The molecule has 4 N–H and O–H groups in total. The van der Waals surface area contributed by atoms with Crippen LogP contribution < -0.4 is 16.4 Å². The Labute approximate surface area is 146 Å². The summed E-state index contributed by atoms with van der Waals surface area (Å²) >= 11 is 0. The van der Waals surface area contributed by atoms with Crippen molar-refractivity contribution in [3.8, 4) is 0 Å². The van der Waals surface area contributed by atoms with Gasteiger partial charge in [0.05, 0.1) is 0 Å². The number of piperidine rings is 1. The molecule has 0 saturated carbocycles. The van der Waals surface area contributed by atoms with E-state index < -0.39 is 6.04 Å². The zero-order valence-corrected chi connectivity index (χ0v) is 14.4. The van der Waals surface area contributed by atoms with Crippen molar-refractivity contribution in [2.45, 2.75) is 38.9 Å². The molecule has 0 aromatic heterocycles. The highest BCUT2D eigenvalue weighted by atomic mass is 16.2. The highest BCUT2D eigenvalue weighted by Crippen LogP contribution is 2.29. The molecule has 1 unspecified atom stereocenters. The van der Waals surface area contributed by atoms with Crippen molar-refractivity contribution in [1.29, 1.82) is 0 Å². The van der Waals surface area contributed by atoms with E-state index in [0.717, 1.165) is 17.7 Å². The zero-order chi connectivity index (χ0) is 18.0. The molecule has 1 fully saturated rings. The van der Waals surface area contributed by atoms with Gasteiger partial charge in [-0.1, -0.05) is 19.1 Å². The van der Waals surface area contributed by atoms with Gasteiger partial charge in [0.25, 0.3) is 5.91 Å². The van der Waals surface area contributed by atoms with E-state index in [0.29, 0.717) is 37.5 Å². The van der Waals surface area contributed by atoms with Crippen LogP contribution in [0.25, 0.3) is 0 Å². The summed E-state index contributed by atoms with van der Waals surface area (Å²) in [4.78, 5) is 37.7. The lowest BCUT2D eigenvalue weighted by Gasteiger charge is -2.29. The number of benzene rings is 1. The molecule has 2 aliphatic rings. The minimum absolute atomic E-state index is 0.137. The van der Waals surface area contributed by atoms with Crippen molar-refractivity contribution >= 4 is 17.7 Å². The fraction of sp³-hybridized carbons (Fsp3) is 0.500. The Bertz CT molecular complexity index is 704. The Balaban J connectivity index is 1.73. The molecule has 0 radical (unpaired) electrons. The quantitative estimate of drug-likeness (QED) is 0.637. The third-order valence-corrected chi connectivity index (χ3v) is 4.89. The van der Waals surface area contributed by atoms with Crippen LogP contribution in [0.1, 0.15) is 41.3 Å². The van der Waals surface area contributed by atoms with Gasteiger partial charge in [-0.25, -0.2) is 0 Å². The third kappa shape index (κ3) is 3.57. The number of amides is 3. The van der Waals surface area contributed by atoms with Gasteiger partial charge in [-0.15, -0.1) is 0 Å². The number of nitrogens with one attached hydrogen (secondary N) is 2. The second-order valence-electron chi connectivity index (χ2n) is 6.81. The molecule has 25 heavy (non-hydrogen) atoms. The first-order chi connectivity index (χ1) is 12.0. The van der Waals surface area contributed by atoms with Gasteiger partial charge in [-0.3, -0.25) is 19.7 Å². The highest BCUT2D eigenvalue weighted by Gasteiger charge is 2.39. The number of carbonyl (C=O) groups excluding carboxylic acids is 3. The van der Waals surface area contributed by atoms with Crippen molar-refractivity contribution in [2.24, 2.45) is 11.7 Å². The SMILES string of the molecule is C[C@H](CN)CNCc1cccc2c1CN(C1CCC(=O)NC1=O)C2=O. The van der Waals surface area contributed by atoms with Crippen LogP contribution in [0.15, 0.2) is 18.2 Å². The van der Waals surface area contributed by atoms with Gasteiger partial charge >= 0.3 is 0 Å².